The third-order valence-electron chi connectivity index (χ3n) is 1.87. The molecule has 0 spiro atoms. The van der Waals surface area contributed by atoms with E-state index in [1.54, 1.807) is 11.3 Å². The summed E-state index contributed by atoms with van der Waals surface area (Å²) in [5.74, 6) is 0. The lowest BCUT2D eigenvalue weighted by molar-refractivity contribution is 1.01. The first-order valence-electron chi connectivity index (χ1n) is 4.20. The molecule has 0 amide bonds. The van der Waals surface area contributed by atoms with E-state index in [1.807, 2.05) is 29.6 Å². The van der Waals surface area contributed by atoms with Gasteiger partial charge in [-0.1, -0.05) is 29.8 Å². The molecule has 2 N–H and O–H groups in total. The van der Waals surface area contributed by atoms with Crippen LogP contribution in [0.1, 0.15) is 5.69 Å². The van der Waals surface area contributed by atoms with Crippen LogP contribution in [0.4, 0.5) is 0 Å². The predicted molar refractivity (Wildman–Crippen MR) is 60.5 cm³/mol. The Labute approximate surface area is 91.4 Å². The van der Waals surface area contributed by atoms with Crippen molar-refractivity contribution in [3.05, 3.63) is 40.4 Å². The molecule has 0 aliphatic heterocycles. The maximum absolute atomic E-state index is 6.05. The lowest BCUT2D eigenvalue weighted by Crippen LogP contribution is -1.95. The zero-order valence-corrected chi connectivity index (χ0v) is 8.98. The first-order valence-corrected chi connectivity index (χ1v) is 5.46. The maximum Gasteiger partial charge on any atom is 0.125 e. The van der Waals surface area contributed by atoms with Crippen molar-refractivity contribution in [2.24, 2.45) is 5.73 Å². The normalized spacial score (nSPS) is 10.4. The molecule has 0 aliphatic rings. The molecule has 4 heteroatoms. The van der Waals surface area contributed by atoms with Crippen molar-refractivity contribution in [3.63, 3.8) is 0 Å². The molecule has 0 aliphatic carbocycles. The van der Waals surface area contributed by atoms with Crippen LogP contribution in [0.15, 0.2) is 29.6 Å². The quantitative estimate of drug-likeness (QED) is 0.852. The second-order valence-corrected chi connectivity index (χ2v) is 4.09. The van der Waals surface area contributed by atoms with Gasteiger partial charge in [-0.05, 0) is 6.07 Å². The molecule has 2 rings (SSSR count). The number of nitrogens with zero attached hydrogens (tertiary/aromatic N) is 1. The average molecular weight is 225 g/mol. The van der Waals surface area contributed by atoms with Crippen molar-refractivity contribution < 1.29 is 0 Å². The Morgan fingerprint density at radius 2 is 2.14 bits per heavy atom. The van der Waals surface area contributed by atoms with Crippen LogP contribution in [0.5, 0.6) is 0 Å². The van der Waals surface area contributed by atoms with Crippen LogP contribution in [0.25, 0.3) is 10.6 Å². The third kappa shape index (κ3) is 1.80. The molecule has 0 saturated heterocycles. The molecule has 1 aromatic carbocycles. The molecular formula is C10H9ClN2S. The SMILES string of the molecule is NCc1csc(-c2ccccc2Cl)n1. The van der Waals surface area contributed by atoms with Crippen LogP contribution in [-0.4, -0.2) is 4.98 Å². The van der Waals surface area contributed by atoms with Crippen molar-refractivity contribution in [3.8, 4) is 10.6 Å². The number of aromatic nitrogens is 1. The summed E-state index contributed by atoms with van der Waals surface area (Å²) in [6, 6.07) is 7.68. The first kappa shape index (κ1) is 9.65. The van der Waals surface area contributed by atoms with E-state index in [-0.39, 0.29) is 0 Å². The minimum absolute atomic E-state index is 0.473. The van der Waals surface area contributed by atoms with Crippen molar-refractivity contribution >= 4 is 22.9 Å². The number of rotatable bonds is 2. The molecule has 2 nitrogen and oxygen atoms in total. The molecule has 2 aromatic rings. The Morgan fingerprint density at radius 1 is 1.36 bits per heavy atom. The summed E-state index contributed by atoms with van der Waals surface area (Å²) in [4.78, 5) is 4.37. The van der Waals surface area contributed by atoms with Gasteiger partial charge in [-0.2, -0.15) is 0 Å². The summed E-state index contributed by atoms with van der Waals surface area (Å²) in [6.07, 6.45) is 0. The standard InChI is InChI=1S/C10H9ClN2S/c11-9-4-2-1-3-8(9)10-13-7(5-12)6-14-10/h1-4,6H,5,12H2. The smallest absolute Gasteiger partial charge is 0.125 e. The van der Waals surface area contributed by atoms with Crippen LogP contribution in [0.2, 0.25) is 5.02 Å². The number of nitrogens with two attached hydrogens (primary N) is 1. The van der Waals surface area contributed by atoms with Gasteiger partial charge in [-0.25, -0.2) is 4.98 Å². The molecule has 0 unspecified atom stereocenters. The lowest BCUT2D eigenvalue weighted by Gasteiger charge is -1.97. The van der Waals surface area contributed by atoms with E-state index in [2.05, 4.69) is 4.98 Å². The van der Waals surface area contributed by atoms with Crippen molar-refractivity contribution in [2.45, 2.75) is 6.54 Å². The monoisotopic (exact) mass is 224 g/mol. The molecule has 0 bridgehead atoms. The van der Waals surface area contributed by atoms with Gasteiger partial charge in [0.1, 0.15) is 5.01 Å². The Bertz CT molecular complexity index is 439. The second-order valence-electron chi connectivity index (χ2n) is 2.83. The number of hydrogen-bond acceptors (Lipinski definition) is 3. The molecule has 72 valence electrons. The number of hydrogen-bond donors (Lipinski definition) is 1. The highest BCUT2D eigenvalue weighted by Crippen LogP contribution is 2.29. The first-order chi connectivity index (χ1) is 6.81. The largest absolute Gasteiger partial charge is 0.325 e. The lowest BCUT2D eigenvalue weighted by atomic mass is 10.2. The molecule has 0 saturated carbocycles. The van der Waals surface area contributed by atoms with Crippen LogP contribution >= 0.6 is 22.9 Å². The van der Waals surface area contributed by atoms with E-state index in [9.17, 15) is 0 Å². The summed E-state index contributed by atoms with van der Waals surface area (Å²) >= 11 is 7.61. The predicted octanol–water partition coefficient (Wildman–Crippen LogP) is 2.92. The Balaban J connectivity index is 2.44. The minimum atomic E-state index is 0.473. The van der Waals surface area contributed by atoms with Gasteiger partial charge in [0.2, 0.25) is 0 Å². The van der Waals surface area contributed by atoms with Crippen molar-refractivity contribution in [1.29, 1.82) is 0 Å². The Kier molecular flexibility index (Phi) is 2.82. The maximum atomic E-state index is 6.05. The molecule has 14 heavy (non-hydrogen) atoms. The fourth-order valence-electron chi connectivity index (χ4n) is 1.16. The Hall–Kier alpha value is -0.900. The van der Waals surface area contributed by atoms with E-state index < -0.39 is 0 Å². The van der Waals surface area contributed by atoms with Gasteiger partial charge in [0.15, 0.2) is 0 Å². The summed E-state index contributed by atoms with van der Waals surface area (Å²) < 4.78 is 0. The second kappa shape index (κ2) is 4.09. The number of halogens is 1. The molecule has 1 aromatic heterocycles. The van der Waals surface area contributed by atoms with E-state index in [0.29, 0.717) is 6.54 Å². The van der Waals surface area contributed by atoms with Crippen molar-refractivity contribution in [1.82, 2.24) is 4.98 Å². The summed E-state index contributed by atoms with van der Waals surface area (Å²) in [5.41, 5.74) is 7.37. The third-order valence-corrected chi connectivity index (χ3v) is 3.12. The molecule has 0 radical (unpaired) electrons. The van der Waals surface area contributed by atoms with E-state index in [1.165, 1.54) is 0 Å². The van der Waals surface area contributed by atoms with Gasteiger partial charge in [-0.15, -0.1) is 11.3 Å². The highest BCUT2D eigenvalue weighted by Gasteiger charge is 2.06. The highest BCUT2D eigenvalue weighted by molar-refractivity contribution is 7.13. The van der Waals surface area contributed by atoms with E-state index >= 15 is 0 Å². The Morgan fingerprint density at radius 3 is 2.79 bits per heavy atom. The summed E-state index contributed by atoms with van der Waals surface area (Å²) in [6.45, 7) is 0.473. The molecule has 1 heterocycles. The van der Waals surface area contributed by atoms with Gasteiger partial charge in [-0.3, -0.25) is 0 Å². The van der Waals surface area contributed by atoms with E-state index in [0.717, 1.165) is 21.3 Å². The highest BCUT2D eigenvalue weighted by atomic mass is 35.5. The zero-order chi connectivity index (χ0) is 9.97. The summed E-state index contributed by atoms with van der Waals surface area (Å²) in [5, 5.41) is 3.61. The van der Waals surface area contributed by atoms with Gasteiger partial charge >= 0.3 is 0 Å². The zero-order valence-electron chi connectivity index (χ0n) is 7.40. The number of benzene rings is 1. The van der Waals surface area contributed by atoms with Gasteiger partial charge < -0.3 is 5.73 Å². The number of thiazole rings is 1. The van der Waals surface area contributed by atoms with Crippen LogP contribution in [-0.2, 0) is 6.54 Å². The van der Waals surface area contributed by atoms with Gasteiger partial charge in [0.05, 0.1) is 10.7 Å². The topological polar surface area (TPSA) is 38.9 Å². The van der Waals surface area contributed by atoms with Gasteiger partial charge in [0, 0.05) is 17.5 Å². The van der Waals surface area contributed by atoms with Crippen molar-refractivity contribution in [2.75, 3.05) is 0 Å². The van der Waals surface area contributed by atoms with Gasteiger partial charge in [0.25, 0.3) is 0 Å². The van der Waals surface area contributed by atoms with Crippen LogP contribution in [0, 0.1) is 0 Å². The average Bonchev–Trinajstić information content (AvgIpc) is 2.67. The van der Waals surface area contributed by atoms with Crippen LogP contribution in [0.3, 0.4) is 0 Å². The minimum Gasteiger partial charge on any atom is -0.325 e. The molecular weight excluding hydrogens is 216 g/mol. The fourth-order valence-corrected chi connectivity index (χ4v) is 2.31. The molecule has 0 atom stereocenters. The summed E-state index contributed by atoms with van der Waals surface area (Å²) in [7, 11) is 0. The molecule has 0 fully saturated rings. The fraction of sp³-hybridized carbons (Fsp3) is 0.100. The van der Waals surface area contributed by atoms with Crippen LogP contribution < -0.4 is 5.73 Å². The van der Waals surface area contributed by atoms with E-state index in [4.69, 9.17) is 17.3 Å².